The predicted molar refractivity (Wildman–Crippen MR) is 95.9 cm³/mol. The Morgan fingerprint density at radius 2 is 1.79 bits per heavy atom. The van der Waals surface area contributed by atoms with Gasteiger partial charge in [-0.25, -0.2) is 0 Å². The third kappa shape index (κ3) is 5.81. The summed E-state index contributed by atoms with van der Waals surface area (Å²) >= 11 is 0. The highest BCUT2D eigenvalue weighted by molar-refractivity contribution is 7.86. The molecule has 5 heteroatoms. The average molecular weight is 346 g/mol. The van der Waals surface area contributed by atoms with E-state index < -0.39 is 22.0 Å². The maximum atomic E-state index is 12.3. The lowest BCUT2D eigenvalue weighted by Gasteiger charge is -2.13. The molecule has 24 heavy (non-hydrogen) atoms. The average Bonchev–Trinajstić information content (AvgIpc) is 2.57. The summed E-state index contributed by atoms with van der Waals surface area (Å²) in [6.07, 6.45) is 0.957. The fourth-order valence-corrected chi connectivity index (χ4v) is 3.47. The predicted octanol–water partition coefficient (Wildman–Crippen LogP) is 3.21. The van der Waals surface area contributed by atoms with Crippen molar-refractivity contribution in [1.82, 2.24) is 0 Å². The lowest BCUT2D eigenvalue weighted by atomic mass is 10.1. The third-order valence-electron chi connectivity index (χ3n) is 3.71. The van der Waals surface area contributed by atoms with E-state index in [9.17, 15) is 14.1 Å². The Kier molecular flexibility index (Phi) is 7.00. The molecule has 0 bridgehead atoms. The smallest absolute Gasteiger partial charge is 0.319 e. The molecule has 2 aromatic rings. The van der Waals surface area contributed by atoms with Gasteiger partial charge in [0.1, 0.15) is 11.0 Å². The van der Waals surface area contributed by atoms with Gasteiger partial charge in [-0.2, -0.15) is 0 Å². The van der Waals surface area contributed by atoms with Gasteiger partial charge in [-0.05, 0) is 37.5 Å². The van der Waals surface area contributed by atoms with Crippen molar-refractivity contribution in [3.63, 3.8) is 0 Å². The van der Waals surface area contributed by atoms with Crippen molar-refractivity contribution in [3.8, 4) is 5.75 Å². The van der Waals surface area contributed by atoms with Crippen LogP contribution in [-0.4, -0.2) is 32.9 Å². The zero-order chi connectivity index (χ0) is 17.4. The SMILES string of the molecule is Cc1ccc(OCCS(=O)C(CCc2ccccc2)C(=O)O)cc1. The van der Waals surface area contributed by atoms with E-state index >= 15 is 0 Å². The van der Waals surface area contributed by atoms with Crippen molar-refractivity contribution >= 4 is 16.8 Å². The lowest BCUT2D eigenvalue weighted by molar-refractivity contribution is -0.136. The topological polar surface area (TPSA) is 63.6 Å². The van der Waals surface area contributed by atoms with Crippen LogP contribution in [0.3, 0.4) is 0 Å². The van der Waals surface area contributed by atoms with Crippen LogP contribution in [0.15, 0.2) is 54.6 Å². The van der Waals surface area contributed by atoms with E-state index in [-0.39, 0.29) is 12.4 Å². The third-order valence-corrected chi connectivity index (χ3v) is 5.35. The summed E-state index contributed by atoms with van der Waals surface area (Å²) in [6, 6.07) is 17.2. The molecule has 0 aliphatic heterocycles. The van der Waals surface area contributed by atoms with Crippen LogP contribution in [0.2, 0.25) is 0 Å². The number of ether oxygens (including phenoxy) is 1. The van der Waals surface area contributed by atoms with Gasteiger partial charge >= 0.3 is 5.97 Å². The molecule has 0 heterocycles. The van der Waals surface area contributed by atoms with E-state index in [4.69, 9.17) is 4.74 Å². The molecule has 128 valence electrons. The summed E-state index contributed by atoms with van der Waals surface area (Å²) in [5.41, 5.74) is 2.19. The summed E-state index contributed by atoms with van der Waals surface area (Å²) < 4.78 is 17.8. The van der Waals surface area contributed by atoms with E-state index in [2.05, 4.69) is 0 Å². The standard InChI is InChI=1S/C19H22O4S/c1-15-7-10-17(11-8-15)23-13-14-24(22)18(19(20)21)12-9-16-5-3-2-4-6-16/h2-8,10-11,18H,9,12-14H2,1H3,(H,20,21). The van der Waals surface area contributed by atoms with Crippen molar-refractivity contribution in [1.29, 1.82) is 0 Å². The highest BCUT2D eigenvalue weighted by Gasteiger charge is 2.24. The second-order valence-electron chi connectivity index (χ2n) is 5.60. The van der Waals surface area contributed by atoms with Crippen LogP contribution in [0.25, 0.3) is 0 Å². The van der Waals surface area contributed by atoms with Crippen LogP contribution >= 0.6 is 0 Å². The van der Waals surface area contributed by atoms with Crippen LogP contribution < -0.4 is 4.74 Å². The Morgan fingerprint density at radius 3 is 2.42 bits per heavy atom. The normalized spacial score (nSPS) is 13.2. The van der Waals surface area contributed by atoms with E-state index in [1.807, 2.05) is 61.5 Å². The summed E-state index contributed by atoms with van der Waals surface area (Å²) in [6.45, 7) is 2.23. The Hall–Kier alpha value is -2.14. The molecule has 2 rings (SSSR count). The minimum absolute atomic E-state index is 0.208. The Labute approximate surface area is 144 Å². The second kappa shape index (κ2) is 9.23. The van der Waals surface area contributed by atoms with Gasteiger partial charge in [0, 0.05) is 10.8 Å². The lowest BCUT2D eigenvalue weighted by Crippen LogP contribution is -2.29. The molecular weight excluding hydrogens is 324 g/mol. The van der Waals surface area contributed by atoms with E-state index in [0.29, 0.717) is 18.6 Å². The van der Waals surface area contributed by atoms with Gasteiger partial charge in [0.05, 0.1) is 12.4 Å². The maximum absolute atomic E-state index is 12.3. The first-order valence-electron chi connectivity index (χ1n) is 7.89. The molecule has 0 saturated carbocycles. The molecule has 2 atom stereocenters. The molecule has 0 aromatic heterocycles. The molecule has 0 fully saturated rings. The number of aliphatic carboxylic acids is 1. The molecule has 0 radical (unpaired) electrons. The van der Waals surface area contributed by atoms with Gasteiger partial charge in [0.2, 0.25) is 0 Å². The van der Waals surface area contributed by atoms with Crippen molar-refractivity contribution in [2.24, 2.45) is 0 Å². The first kappa shape index (κ1) is 18.2. The summed E-state index contributed by atoms with van der Waals surface area (Å²) in [5, 5.41) is 8.47. The van der Waals surface area contributed by atoms with Crippen molar-refractivity contribution in [3.05, 3.63) is 65.7 Å². The fraction of sp³-hybridized carbons (Fsp3) is 0.316. The summed E-state index contributed by atoms with van der Waals surface area (Å²) in [7, 11) is -1.46. The number of carboxylic acid groups (broad SMARTS) is 1. The van der Waals surface area contributed by atoms with Gasteiger partial charge in [-0.1, -0.05) is 48.0 Å². The van der Waals surface area contributed by atoms with Gasteiger partial charge < -0.3 is 9.84 Å². The first-order chi connectivity index (χ1) is 11.6. The highest BCUT2D eigenvalue weighted by atomic mass is 32.2. The number of rotatable bonds is 9. The molecule has 0 saturated heterocycles. The number of carboxylic acids is 1. The molecule has 0 spiro atoms. The molecule has 1 N–H and O–H groups in total. The Bertz CT molecular complexity index is 668. The molecule has 4 nitrogen and oxygen atoms in total. The van der Waals surface area contributed by atoms with Crippen molar-refractivity contribution in [2.45, 2.75) is 25.0 Å². The zero-order valence-electron chi connectivity index (χ0n) is 13.7. The minimum Gasteiger partial charge on any atom is -0.493 e. The van der Waals surface area contributed by atoms with Crippen LogP contribution in [0.4, 0.5) is 0 Å². The highest BCUT2D eigenvalue weighted by Crippen LogP contribution is 2.13. The molecule has 0 amide bonds. The largest absolute Gasteiger partial charge is 0.493 e. The quantitative estimate of drug-likeness (QED) is 0.757. The van der Waals surface area contributed by atoms with E-state index in [1.165, 1.54) is 0 Å². The van der Waals surface area contributed by atoms with Crippen LogP contribution in [0.5, 0.6) is 5.75 Å². The molecule has 2 aromatic carbocycles. The summed E-state index contributed by atoms with van der Waals surface area (Å²) in [4.78, 5) is 11.4. The molecule has 2 unspecified atom stereocenters. The molecule has 0 aliphatic rings. The summed E-state index contributed by atoms with van der Waals surface area (Å²) in [5.74, 6) is -0.104. The number of benzene rings is 2. The number of hydrogen-bond acceptors (Lipinski definition) is 3. The van der Waals surface area contributed by atoms with E-state index in [1.54, 1.807) is 0 Å². The molecule has 0 aliphatic carbocycles. The minimum atomic E-state index is -1.46. The number of hydrogen-bond donors (Lipinski definition) is 1. The van der Waals surface area contributed by atoms with Gasteiger partial charge in [0.25, 0.3) is 0 Å². The van der Waals surface area contributed by atoms with E-state index in [0.717, 1.165) is 11.1 Å². The maximum Gasteiger partial charge on any atom is 0.319 e. The van der Waals surface area contributed by atoms with Gasteiger partial charge in [-0.3, -0.25) is 9.00 Å². The van der Waals surface area contributed by atoms with Gasteiger partial charge in [0.15, 0.2) is 0 Å². The zero-order valence-corrected chi connectivity index (χ0v) is 14.5. The van der Waals surface area contributed by atoms with Crippen molar-refractivity contribution in [2.75, 3.05) is 12.4 Å². The second-order valence-corrected chi connectivity index (χ2v) is 7.34. The fourth-order valence-electron chi connectivity index (χ4n) is 2.33. The van der Waals surface area contributed by atoms with Crippen LogP contribution in [0, 0.1) is 6.92 Å². The van der Waals surface area contributed by atoms with Crippen LogP contribution in [-0.2, 0) is 22.0 Å². The first-order valence-corrected chi connectivity index (χ1v) is 9.28. The van der Waals surface area contributed by atoms with Crippen LogP contribution in [0.1, 0.15) is 17.5 Å². The monoisotopic (exact) mass is 346 g/mol. The molecular formula is C19H22O4S. The Morgan fingerprint density at radius 1 is 1.12 bits per heavy atom. The Balaban J connectivity index is 1.82. The van der Waals surface area contributed by atoms with Crippen molar-refractivity contribution < 1.29 is 18.8 Å². The number of aryl methyl sites for hydroxylation is 2. The van der Waals surface area contributed by atoms with Gasteiger partial charge in [-0.15, -0.1) is 0 Å². The number of carbonyl (C=O) groups is 1.